The number of aryl methyl sites for hydroxylation is 2. The molecule has 0 spiro atoms. The Balaban J connectivity index is 0.00000280. The van der Waals surface area contributed by atoms with Gasteiger partial charge in [0.2, 0.25) is 0 Å². The van der Waals surface area contributed by atoms with Crippen molar-refractivity contribution in [3.8, 4) is 0 Å². The van der Waals surface area contributed by atoms with E-state index in [1.54, 1.807) is 0 Å². The van der Waals surface area contributed by atoms with Crippen LogP contribution in [-0.2, 0) is 13.0 Å². The quantitative estimate of drug-likeness (QED) is 0.374. The van der Waals surface area contributed by atoms with Crippen molar-refractivity contribution in [2.45, 2.75) is 26.8 Å². The van der Waals surface area contributed by atoms with E-state index in [2.05, 4.69) is 37.4 Å². The minimum atomic E-state index is 0. The zero-order chi connectivity index (χ0) is 19.2. The summed E-state index contributed by atoms with van der Waals surface area (Å²) in [5.41, 5.74) is 3.46. The average molecular weight is 518 g/mol. The predicted molar refractivity (Wildman–Crippen MR) is 125 cm³/mol. The molecule has 1 aromatic heterocycles. The van der Waals surface area contributed by atoms with E-state index < -0.39 is 0 Å². The van der Waals surface area contributed by atoms with Crippen molar-refractivity contribution in [2.75, 3.05) is 39.8 Å². The first-order valence-corrected chi connectivity index (χ1v) is 9.78. The van der Waals surface area contributed by atoms with E-state index >= 15 is 0 Å². The van der Waals surface area contributed by atoms with Crippen LogP contribution in [0.4, 0.5) is 0 Å². The molecule has 154 valence electrons. The Bertz CT molecular complexity index is 750. The number of guanidine groups is 1. The molecule has 1 N–H and O–H groups in total. The fraction of sp³-hybridized carbons (Fsp3) is 0.500. The van der Waals surface area contributed by atoms with Gasteiger partial charge >= 0.3 is 0 Å². The summed E-state index contributed by atoms with van der Waals surface area (Å²) in [6, 6.07) is 8.11. The number of hydrogen-bond acceptors (Lipinski definition) is 4. The second-order valence-electron chi connectivity index (χ2n) is 6.92. The molecule has 0 bridgehead atoms. The van der Waals surface area contributed by atoms with Gasteiger partial charge < -0.3 is 14.7 Å². The first kappa shape index (κ1) is 23.0. The van der Waals surface area contributed by atoms with Crippen LogP contribution in [0.2, 0.25) is 5.02 Å². The van der Waals surface area contributed by atoms with Crippen LogP contribution in [-0.4, -0.2) is 60.7 Å². The Kier molecular flexibility index (Phi) is 9.04. The number of aliphatic imine (C=N–C) groups is 1. The maximum absolute atomic E-state index is 5.97. The Morgan fingerprint density at radius 1 is 1.18 bits per heavy atom. The van der Waals surface area contributed by atoms with E-state index in [4.69, 9.17) is 16.1 Å². The van der Waals surface area contributed by atoms with Crippen LogP contribution in [0.25, 0.3) is 0 Å². The lowest BCUT2D eigenvalue weighted by Crippen LogP contribution is -2.52. The Hall–Kier alpha value is -1.32. The molecule has 0 unspecified atom stereocenters. The number of hydrogen-bond donors (Lipinski definition) is 1. The summed E-state index contributed by atoms with van der Waals surface area (Å²) < 4.78 is 5.23. The van der Waals surface area contributed by atoms with E-state index in [0.717, 1.165) is 68.1 Å². The van der Waals surface area contributed by atoms with Gasteiger partial charge in [0.15, 0.2) is 5.96 Å². The zero-order valence-electron chi connectivity index (χ0n) is 16.7. The number of benzene rings is 1. The molecule has 6 nitrogen and oxygen atoms in total. The van der Waals surface area contributed by atoms with Crippen LogP contribution in [0.15, 0.2) is 33.8 Å². The second kappa shape index (κ2) is 11.0. The molecule has 1 fully saturated rings. The average Bonchev–Trinajstić information content (AvgIpc) is 3.00. The molecule has 28 heavy (non-hydrogen) atoms. The summed E-state index contributed by atoms with van der Waals surface area (Å²) >= 11 is 5.97. The van der Waals surface area contributed by atoms with Crippen molar-refractivity contribution in [3.63, 3.8) is 0 Å². The third-order valence-electron chi connectivity index (χ3n) is 5.04. The summed E-state index contributed by atoms with van der Waals surface area (Å²) in [5.74, 6) is 1.87. The van der Waals surface area contributed by atoms with E-state index in [-0.39, 0.29) is 24.0 Å². The minimum Gasteiger partial charge on any atom is -0.361 e. The summed E-state index contributed by atoms with van der Waals surface area (Å²) in [5, 5.41) is 8.28. The smallest absolute Gasteiger partial charge is 0.193 e. The molecule has 1 saturated heterocycles. The van der Waals surface area contributed by atoms with Gasteiger partial charge in [0.25, 0.3) is 0 Å². The van der Waals surface area contributed by atoms with Gasteiger partial charge in [-0.2, -0.15) is 0 Å². The Labute approximate surface area is 189 Å². The van der Waals surface area contributed by atoms with Crippen LogP contribution in [0.5, 0.6) is 0 Å². The number of aromatic nitrogens is 1. The van der Waals surface area contributed by atoms with Gasteiger partial charge in [0.1, 0.15) is 5.76 Å². The number of nitrogens with one attached hydrogen (secondary N) is 1. The molecule has 0 aliphatic carbocycles. The molecule has 8 heteroatoms. The summed E-state index contributed by atoms with van der Waals surface area (Å²) in [6.07, 6.45) is 0.886. The highest BCUT2D eigenvalue weighted by atomic mass is 127. The second-order valence-corrected chi connectivity index (χ2v) is 7.35. The third kappa shape index (κ3) is 6.09. The van der Waals surface area contributed by atoms with Crippen molar-refractivity contribution in [1.82, 2.24) is 20.3 Å². The van der Waals surface area contributed by atoms with Crippen LogP contribution >= 0.6 is 35.6 Å². The fourth-order valence-corrected chi connectivity index (χ4v) is 3.58. The summed E-state index contributed by atoms with van der Waals surface area (Å²) in [4.78, 5) is 9.25. The first-order valence-electron chi connectivity index (χ1n) is 9.41. The van der Waals surface area contributed by atoms with Crippen LogP contribution < -0.4 is 5.32 Å². The molecule has 0 atom stereocenters. The molecule has 3 rings (SSSR count). The molecule has 0 radical (unpaired) electrons. The standard InChI is InChI=1S/C20H28ClN5O.HI/c1-15-19(16(2)27-24-15)8-9-23-20(22-3)26-12-10-25(11-13-26)14-17-4-6-18(21)7-5-17;/h4-7H,8-14H2,1-3H3,(H,22,23);1H. The van der Waals surface area contributed by atoms with E-state index in [0.29, 0.717) is 0 Å². The fourth-order valence-electron chi connectivity index (χ4n) is 3.46. The van der Waals surface area contributed by atoms with Gasteiger partial charge in [0, 0.05) is 56.9 Å². The van der Waals surface area contributed by atoms with Gasteiger partial charge in [-0.25, -0.2) is 0 Å². The maximum atomic E-state index is 5.97. The number of nitrogens with zero attached hydrogens (tertiary/aromatic N) is 4. The van der Waals surface area contributed by atoms with Gasteiger partial charge in [-0.1, -0.05) is 28.9 Å². The van der Waals surface area contributed by atoms with Crippen molar-refractivity contribution < 1.29 is 4.52 Å². The topological polar surface area (TPSA) is 56.9 Å². The SMILES string of the molecule is CN=C(NCCc1c(C)noc1C)N1CCN(Cc2ccc(Cl)cc2)CC1.I. The molecule has 0 amide bonds. The molecule has 2 aromatic rings. The normalized spacial score (nSPS) is 15.4. The zero-order valence-corrected chi connectivity index (χ0v) is 19.8. The van der Waals surface area contributed by atoms with Crippen LogP contribution in [0, 0.1) is 13.8 Å². The molecule has 1 aliphatic rings. The number of piperazine rings is 1. The third-order valence-corrected chi connectivity index (χ3v) is 5.29. The Morgan fingerprint density at radius 2 is 1.86 bits per heavy atom. The molecular weight excluding hydrogens is 489 g/mol. The van der Waals surface area contributed by atoms with Crippen molar-refractivity contribution >= 4 is 41.5 Å². The maximum Gasteiger partial charge on any atom is 0.193 e. The van der Waals surface area contributed by atoms with Crippen molar-refractivity contribution in [2.24, 2.45) is 4.99 Å². The highest BCUT2D eigenvalue weighted by Crippen LogP contribution is 2.14. The highest BCUT2D eigenvalue weighted by Gasteiger charge is 2.19. The highest BCUT2D eigenvalue weighted by molar-refractivity contribution is 14.0. The van der Waals surface area contributed by atoms with Crippen molar-refractivity contribution in [1.29, 1.82) is 0 Å². The molecule has 2 heterocycles. The van der Waals surface area contributed by atoms with E-state index in [1.165, 1.54) is 11.1 Å². The number of rotatable bonds is 5. The molecule has 1 aromatic carbocycles. The van der Waals surface area contributed by atoms with Gasteiger partial charge in [0.05, 0.1) is 5.69 Å². The summed E-state index contributed by atoms with van der Waals surface area (Å²) in [6.45, 7) is 9.71. The Morgan fingerprint density at radius 3 is 2.43 bits per heavy atom. The van der Waals surface area contributed by atoms with Crippen LogP contribution in [0.1, 0.15) is 22.6 Å². The molecular formula is C20H29ClIN5O. The van der Waals surface area contributed by atoms with Gasteiger partial charge in [-0.15, -0.1) is 24.0 Å². The number of halogens is 2. The molecule has 1 aliphatic heterocycles. The van der Waals surface area contributed by atoms with E-state index in [1.807, 2.05) is 33.0 Å². The lowest BCUT2D eigenvalue weighted by molar-refractivity contribution is 0.172. The first-order chi connectivity index (χ1) is 13.1. The summed E-state index contributed by atoms with van der Waals surface area (Å²) in [7, 11) is 1.85. The monoisotopic (exact) mass is 517 g/mol. The van der Waals surface area contributed by atoms with E-state index in [9.17, 15) is 0 Å². The molecule has 0 saturated carbocycles. The van der Waals surface area contributed by atoms with Gasteiger partial charge in [-0.3, -0.25) is 9.89 Å². The minimum absolute atomic E-state index is 0. The van der Waals surface area contributed by atoms with Crippen LogP contribution in [0.3, 0.4) is 0 Å². The van der Waals surface area contributed by atoms with Gasteiger partial charge in [-0.05, 0) is 38.0 Å². The van der Waals surface area contributed by atoms with Crippen molar-refractivity contribution in [3.05, 3.63) is 51.9 Å². The largest absolute Gasteiger partial charge is 0.361 e. The lowest BCUT2D eigenvalue weighted by atomic mass is 10.1. The predicted octanol–water partition coefficient (Wildman–Crippen LogP) is 3.50. The lowest BCUT2D eigenvalue weighted by Gasteiger charge is -2.36.